The molecule has 21 heavy (non-hydrogen) atoms. The van der Waals surface area contributed by atoms with Gasteiger partial charge in [0.1, 0.15) is 17.1 Å². The second-order valence-corrected chi connectivity index (χ2v) is 5.40. The largest absolute Gasteiger partial charge is 0.497 e. The van der Waals surface area contributed by atoms with E-state index in [1.807, 2.05) is 12.1 Å². The van der Waals surface area contributed by atoms with Crippen LogP contribution >= 0.6 is 0 Å². The van der Waals surface area contributed by atoms with Gasteiger partial charge in [0.25, 0.3) is 0 Å². The van der Waals surface area contributed by atoms with E-state index in [0.717, 1.165) is 24.8 Å². The minimum absolute atomic E-state index is 0.222. The predicted octanol–water partition coefficient (Wildman–Crippen LogP) is 2.98. The third-order valence-corrected chi connectivity index (χ3v) is 3.99. The van der Waals surface area contributed by atoms with Crippen LogP contribution in [0.1, 0.15) is 37.7 Å². The summed E-state index contributed by atoms with van der Waals surface area (Å²) in [6.07, 6.45) is 7.14. The lowest BCUT2D eigenvalue weighted by molar-refractivity contribution is -0.135. The zero-order valence-electron chi connectivity index (χ0n) is 12.6. The number of methoxy groups -OCH3 is 2. The number of rotatable bonds is 5. The fourth-order valence-corrected chi connectivity index (χ4v) is 2.66. The molecule has 1 aromatic rings. The van der Waals surface area contributed by atoms with Gasteiger partial charge in [-0.25, -0.2) is 0 Å². The molecule has 1 aliphatic carbocycles. The highest BCUT2D eigenvalue weighted by atomic mass is 16.5. The lowest BCUT2D eigenvalue weighted by Crippen LogP contribution is -2.39. The molecule has 1 aromatic carbocycles. The molecule has 0 bridgehead atoms. The molecule has 1 N–H and O–H groups in total. The molecule has 0 spiro atoms. The van der Waals surface area contributed by atoms with Gasteiger partial charge in [0.15, 0.2) is 5.78 Å². The predicted molar refractivity (Wildman–Crippen MR) is 81.6 cm³/mol. The fourth-order valence-electron chi connectivity index (χ4n) is 2.66. The monoisotopic (exact) mass is 290 g/mol. The minimum Gasteiger partial charge on any atom is -0.497 e. The fraction of sp³-hybridized carbons (Fsp3) is 0.471. The average molecular weight is 290 g/mol. The number of aliphatic hydroxyl groups is 1. The third-order valence-electron chi connectivity index (χ3n) is 3.99. The van der Waals surface area contributed by atoms with E-state index in [9.17, 15) is 9.90 Å². The number of ketones is 1. The first-order valence-corrected chi connectivity index (χ1v) is 7.26. The topological polar surface area (TPSA) is 55.8 Å². The molecule has 0 aliphatic heterocycles. The number of ether oxygens (including phenoxy) is 2. The van der Waals surface area contributed by atoms with Gasteiger partial charge in [-0.05, 0) is 37.1 Å². The Morgan fingerprint density at radius 2 is 1.90 bits per heavy atom. The first-order chi connectivity index (χ1) is 10.1. The van der Waals surface area contributed by atoms with Crippen LogP contribution in [0.3, 0.4) is 0 Å². The van der Waals surface area contributed by atoms with Crippen LogP contribution in [0.4, 0.5) is 0 Å². The highest BCUT2D eigenvalue weighted by Crippen LogP contribution is 2.30. The van der Waals surface area contributed by atoms with Crippen molar-refractivity contribution in [2.75, 3.05) is 14.2 Å². The Labute approximate surface area is 125 Å². The first kappa shape index (κ1) is 15.6. The van der Waals surface area contributed by atoms with Crippen molar-refractivity contribution in [2.45, 2.75) is 37.7 Å². The van der Waals surface area contributed by atoms with Gasteiger partial charge in [0.2, 0.25) is 0 Å². The van der Waals surface area contributed by atoms with Crippen LogP contribution in [0.2, 0.25) is 0 Å². The highest BCUT2D eigenvalue weighted by Gasteiger charge is 2.35. The molecule has 0 aromatic heterocycles. The summed E-state index contributed by atoms with van der Waals surface area (Å²) >= 11 is 0. The second kappa shape index (κ2) is 6.76. The van der Waals surface area contributed by atoms with Crippen LogP contribution in [0.15, 0.2) is 24.3 Å². The number of carbonyl (C=O) groups is 1. The van der Waals surface area contributed by atoms with E-state index in [2.05, 4.69) is 0 Å². The van der Waals surface area contributed by atoms with Crippen molar-refractivity contribution in [2.24, 2.45) is 0 Å². The standard InChI is InChI=1S/C17H22O4/c1-20-14-8-6-13(15(12-14)21-2)7-9-16(18)17(19)10-4-3-5-11-17/h6-9,12,19H,3-5,10-11H2,1-2H3/b9-7+. The van der Waals surface area contributed by atoms with Gasteiger partial charge in [0.05, 0.1) is 14.2 Å². The molecule has 4 nitrogen and oxygen atoms in total. The van der Waals surface area contributed by atoms with Crippen molar-refractivity contribution in [3.05, 3.63) is 29.8 Å². The Kier molecular flexibility index (Phi) is 5.02. The van der Waals surface area contributed by atoms with Crippen LogP contribution in [-0.4, -0.2) is 30.7 Å². The summed E-state index contributed by atoms with van der Waals surface area (Å²) in [6, 6.07) is 5.40. The van der Waals surface area contributed by atoms with Crippen LogP contribution in [-0.2, 0) is 4.79 Å². The Morgan fingerprint density at radius 3 is 2.52 bits per heavy atom. The summed E-state index contributed by atoms with van der Waals surface area (Å²) in [4.78, 5) is 12.2. The Hall–Kier alpha value is -1.81. The quantitative estimate of drug-likeness (QED) is 0.847. The van der Waals surface area contributed by atoms with E-state index in [1.54, 1.807) is 26.4 Å². The van der Waals surface area contributed by atoms with Gasteiger partial charge in [-0.2, -0.15) is 0 Å². The molecule has 4 heteroatoms. The van der Waals surface area contributed by atoms with E-state index in [4.69, 9.17) is 9.47 Å². The van der Waals surface area contributed by atoms with E-state index in [1.165, 1.54) is 6.08 Å². The third kappa shape index (κ3) is 3.64. The van der Waals surface area contributed by atoms with E-state index < -0.39 is 5.60 Å². The van der Waals surface area contributed by atoms with Gasteiger partial charge >= 0.3 is 0 Å². The molecule has 114 valence electrons. The zero-order valence-corrected chi connectivity index (χ0v) is 12.6. The Morgan fingerprint density at radius 1 is 1.19 bits per heavy atom. The molecule has 0 heterocycles. The smallest absolute Gasteiger partial charge is 0.187 e. The summed E-state index contributed by atoms with van der Waals surface area (Å²) in [5, 5.41) is 10.4. The van der Waals surface area contributed by atoms with Crippen molar-refractivity contribution >= 4 is 11.9 Å². The van der Waals surface area contributed by atoms with Crippen molar-refractivity contribution in [1.29, 1.82) is 0 Å². The Bertz CT molecular complexity index is 528. The zero-order chi connectivity index (χ0) is 15.3. The molecule has 1 aliphatic rings. The first-order valence-electron chi connectivity index (χ1n) is 7.26. The van der Waals surface area contributed by atoms with Gasteiger partial charge in [0, 0.05) is 11.6 Å². The molecule has 0 saturated heterocycles. The maximum absolute atomic E-state index is 12.2. The molecule has 0 unspecified atom stereocenters. The summed E-state index contributed by atoms with van der Waals surface area (Å²) in [6.45, 7) is 0. The molecule has 0 amide bonds. The van der Waals surface area contributed by atoms with Gasteiger partial charge in [-0.1, -0.05) is 19.3 Å². The van der Waals surface area contributed by atoms with Crippen LogP contribution in [0.25, 0.3) is 6.08 Å². The molecular formula is C17H22O4. The summed E-state index contributed by atoms with van der Waals surface area (Å²) in [7, 11) is 3.16. The van der Waals surface area contributed by atoms with E-state index in [-0.39, 0.29) is 5.78 Å². The normalized spacial score (nSPS) is 17.7. The SMILES string of the molecule is COc1ccc(/C=C/C(=O)C2(O)CCCCC2)c(OC)c1. The summed E-state index contributed by atoms with van der Waals surface area (Å²) in [5.41, 5.74) is -0.403. The van der Waals surface area contributed by atoms with Gasteiger partial charge in [-0.15, -0.1) is 0 Å². The van der Waals surface area contributed by atoms with Gasteiger partial charge in [-0.3, -0.25) is 4.79 Å². The average Bonchev–Trinajstić information content (AvgIpc) is 2.53. The van der Waals surface area contributed by atoms with Crippen LogP contribution < -0.4 is 9.47 Å². The molecule has 1 fully saturated rings. The minimum atomic E-state index is -1.19. The number of benzene rings is 1. The molecule has 2 rings (SSSR count). The van der Waals surface area contributed by atoms with Crippen molar-refractivity contribution in [3.63, 3.8) is 0 Å². The van der Waals surface area contributed by atoms with Crippen LogP contribution in [0, 0.1) is 0 Å². The van der Waals surface area contributed by atoms with E-state index >= 15 is 0 Å². The van der Waals surface area contributed by atoms with Crippen molar-refractivity contribution in [3.8, 4) is 11.5 Å². The Balaban J connectivity index is 2.15. The van der Waals surface area contributed by atoms with E-state index in [0.29, 0.717) is 24.3 Å². The number of carbonyl (C=O) groups excluding carboxylic acids is 1. The molecule has 0 radical (unpaired) electrons. The van der Waals surface area contributed by atoms with Crippen LogP contribution in [0.5, 0.6) is 11.5 Å². The highest BCUT2D eigenvalue weighted by molar-refractivity contribution is 6.00. The van der Waals surface area contributed by atoms with Gasteiger partial charge < -0.3 is 14.6 Å². The lowest BCUT2D eigenvalue weighted by Gasteiger charge is -2.29. The summed E-state index contributed by atoms with van der Waals surface area (Å²) < 4.78 is 10.4. The number of hydrogen-bond donors (Lipinski definition) is 1. The molecule has 0 atom stereocenters. The maximum Gasteiger partial charge on any atom is 0.187 e. The maximum atomic E-state index is 12.2. The second-order valence-electron chi connectivity index (χ2n) is 5.40. The lowest BCUT2D eigenvalue weighted by atomic mass is 9.81. The van der Waals surface area contributed by atoms with Crippen molar-refractivity contribution in [1.82, 2.24) is 0 Å². The number of hydrogen-bond acceptors (Lipinski definition) is 4. The van der Waals surface area contributed by atoms with Crippen molar-refractivity contribution < 1.29 is 19.4 Å². The summed E-state index contributed by atoms with van der Waals surface area (Å²) in [5.74, 6) is 1.11. The molecular weight excluding hydrogens is 268 g/mol. The molecule has 1 saturated carbocycles.